The van der Waals surface area contributed by atoms with Gasteiger partial charge in [-0.25, -0.2) is 9.67 Å². The van der Waals surface area contributed by atoms with Gasteiger partial charge in [0.25, 0.3) is 0 Å². The smallest absolute Gasteiger partial charge is 0.218 e. The van der Waals surface area contributed by atoms with Crippen LogP contribution in [0.3, 0.4) is 0 Å². The van der Waals surface area contributed by atoms with Crippen LogP contribution in [0.5, 0.6) is 0 Å². The highest BCUT2D eigenvalue weighted by Gasteiger charge is 2.17. The standard InChI is InChI=1S/C17H17N5O/c1-11(2)12-5-3-6-13(9-12)22-10-15(20-21-22)16(23)14-7-4-8-19-17(14)18/h3-11H,1-2H3,(H2,18,19). The number of rotatable bonds is 4. The van der Waals surface area contributed by atoms with Crippen molar-refractivity contribution in [3.8, 4) is 5.69 Å². The fraction of sp³-hybridized carbons (Fsp3) is 0.176. The lowest BCUT2D eigenvalue weighted by atomic mass is 10.0. The molecule has 0 fully saturated rings. The number of pyridine rings is 1. The number of ketones is 1. The molecule has 2 N–H and O–H groups in total. The molecule has 0 amide bonds. The summed E-state index contributed by atoms with van der Waals surface area (Å²) >= 11 is 0. The number of hydrogen-bond acceptors (Lipinski definition) is 5. The SMILES string of the molecule is CC(C)c1cccc(-n2cc(C(=O)c3cccnc3N)nn2)c1. The predicted molar refractivity (Wildman–Crippen MR) is 87.5 cm³/mol. The summed E-state index contributed by atoms with van der Waals surface area (Å²) < 4.78 is 1.59. The Morgan fingerprint density at radius 2 is 2.04 bits per heavy atom. The number of aromatic nitrogens is 4. The number of benzene rings is 1. The third kappa shape index (κ3) is 2.96. The zero-order valence-corrected chi connectivity index (χ0v) is 13.0. The second kappa shape index (κ2) is 6.00. The summed E-state index contributed by atoms with van der Waals surface area (Å²) in [5.41, 5.74) is 8.37. The monoisotopic (exact) mass is 307 g/mol. The normalized spacial score (nSPS) is 10.9. The van der Waals surface area contributed by atoms with Crippen molar-refractivity contribution in [2.75, 3.05) is 5.73 Å². The van der Waals surface area contributed by atoms with Gasteiger partial charge in [0.1, 0.15) is 5.82 Å². The van der Waals surface area contributed by atoms with Crippen molar-refractivity contribution in [3.05, 3.63) is 65.6 Å². The minimum atomic E-state index is -0.290. The van der Waals surface area contributed by atoms with Gasteiger partial charge in [-0.3, -0.25) is 4.79 Å². The topological polar surface area (TPSA) is 86.7 Å². The number of nitrogens with two attached hydrogens (primary N) is 1. The lowest BCUT2D eigenvalue weighted by Crippen LogP contribution is -2.07. The maximum Gasteiger partial charge on any atom is 0.218 e. The molecule has 0 aliphatic rings. The fourth-order valence-electron chi connectivity index (χ4n) is 2.27. The van der Waals surface area contributed by atoms with Crippen molar-refractivity contribution >= 4 is 11.6 Å². The van der Waals surface area contributed by atoms with Gasteiger partial charge in [-0.05, 0) is 35.7 Å². The maximum atomic E-state index is 12.5. The van der Waals surface area contributed by atoms with Gasteiger partial charge >= 0.3 is 0 Å². The van der Waals surface area contributed by atoms with Gasteiger partial charge in [-0.2, -0.15) is 0 Å². The average molecular weight is 307 g/mol. The molecule has 0 aliphatic heterocycles. The number of carbonyl (C=O) groups excluding carboxylic acids is 1. The van der Waals surface area contributed by atoms with E-state index in [-0.39, 0.29) is 17.3 Å². The Morgan fingerprint density at radius 3 is 2.78 bits per heavy atom. The quantitative estimate of drug-likeness (QED) is 0.749. The van der Waals surface area contributed by atoms with Crippen molar-refractivity contribution in [1.29, 1.82) is 0 Å². The molecular weight excluding hydrogens is 290 g/mol. The zero-order valence-electron chi connectivity index (χ0n) is 13.0. The van der Waals surface area contributed by atoms with Crippen LogP contribution in [0.4, 0.5) is 5.82 Å². The number of nitrogen functional groups attached to an aromatic ring is 1. The van der Waals surface area contributed by atoms with Crippen molar-refractivity contribution in [2.45, 2.75) is 19.8 Å². The highest BCUT2D eigenvalue weighted by atomic mass is 16.1. The average Bonchev–Trinajstić information content (AvgIpc) is 3.05. The molecule has 6 heteroatoms. The second-order valence-corrected chi connectivity index (χ2v) is 5.56. The van der Waals surface area contributed by atoms with E-state index in [0.29, 0.717) is 11.5 Å². The Balaban J connectivity index is 1.93. The highest BCUT2D eigenvalue weighted by molar-refractivity contribution is 6.10. The van der Waals surface area contributed by atoms with Crippen molar-refractivity contribution in [3.63, 3.8) is 0 Å². The Labute approximate surface area is 134 Å². The molecule has 1 aromatic carbocycles. The maximum absolute atomic E-state index is 12.5. The summed E-state index contributed by atoms with van der Waals surface area (Å²) in [4.78, 5) is 16.4. The molecule has 0 radical (unpaired) electrons. The molecule has 0 saturated carbocycles. The van der Waals surface area contributed by atoms with Crippen LogP contribution in [0, 0.1) is 0 Å². The van der Waals surface area contributed by atoms with Gasteiger partial charge in [-0.15, -0.1) is 5.10 Å². The lowest BCUT2D eigenvalue weighted by molar-refractivity contribution is 0.103. The number of carbonyl (C=O) groups is 1. The molecule has 0 aliphatic carbocycles. The third-order valence-electron chi connectivity index (χ3n) is 3.61. The van der Waals surface area contributed by atoms with E-state index in [1.807, 2.05) is 18.2 Å². The van der Waals surface area contributed by atoms with E-state index in [2.05, 4.69) is 35.2 Å². The zero-order chi connectivity index (χ0) is 16.4. The van der Waals surface area contributed by atoms with E-state index in [4.69, 9.17) is 5.73 Å². The van der Waals surface area contributed by atoms with Gasteiger partial charge in [0.2, 0.25) is 5.78 Å². The summed E-state index contributed by atoms with van der Waals surface area (Å²) in [5, 5.41) is 8.01. The predicted octanol–water partition coefficient (Wildman–Crippen LogP) is 2.60. The van der Waals surface area contributed by atoms with Crippen LogP contribution in [0.2, 0.25) is 0 Å². The summed E-state index contributed by atoms with van der Waals surface area (Å²) in [7, 11) is 0. The highest BCUT2D eigenvalue weighted by Crippen LogP contribution is 2.18. The molecule has 0 bridgehead atoms. The molecule has 0 saturated heterocycles. The Bertz CT molecular complexity index is 853. The first-order valence-electron chi connectivity index (χ1n) is 7.34. The van der Waals surface area contributed by atoms with Gasteiger partial charge in [0, 0.05) is 6.20 Å². The molecule has 116 valence electrons. The van der Waals surface area contributed by atoms with E-state index < -0.39 is 0 Å². The first-order valence-corrected chi connectivity index (χ1v) is 7.34. The summed E-state index contributed by atoms with van der Waals surface area (Å²) in [6.45, 7) is 4.25. The van der Waals surface area contributed by atoms with Gasteiger partial charge in [0.15, 0.2) is 5.69 Å². The van der Waals surface area contributed by atoms with Gasteiger partial charge < -0.3 is 5.73 Å². The van der Waals surface area contributed by atoms with Crippen molar-refractivity contribution in [2.24, 2.45) is 0 Å². The number of nitrogens with zero attached hydrogens (tertiary/aromatic N) is 4. The van der Waals surface area contributed by atoms with E-state index >= 15 is 0 Å². The minimum absolute atomic E-state index is 0.189. The van der Waals surface area contributed by atoms with E-state index in [9.17, 15) is 4.79 Å². The minimum Gasteiger partial charge on any atom is -0.383 e. The number of anilines is 1. The Morgan fingerprint density at radius 1 is 1.22 bits per heavy atom. The Kier molecular flexibility index (Phi) is 3.89. The van der Waals surface area contributed by atoms with Crippen LogP contribution in [0.1, 0.15) is 41.4 Å². The lowest BCUT2D eigenvalue weighted by Gasteiger charge is -2.07. The van der Waals surface area contributed by atoms with Crippen LogP contribution in [-0.2, 0) is 0 Å². The molecule has 6 nitrogen and oxygen atoms in total. The number of hydrogen-bond donors (Lipinski definition) is 1. The first-order chi connectivity index (χ1) is 11.1. The second-order valence-electron chi connectivity index (χ2n) is 5.56. The fourth-order valence-corrected chi connectivity index (χ4v) is 2.27. The van der Waals surface area contributed by atoms with Crippen LogP contribution >= 0.6 is 0 Å². The molecule has 0 unspecified atom stereocenters. The van der Waals surface area contributed by atoms with Gasteiger partial charge in [-0.1, -0.05) is 31.2 Å². The Hall–Kier alpha value is -3.02. The van der Waals surface area contributed by atoms with Crippen LogP contribution < -0.4 is 5.73 Å². The summed E-state index contributed by atoms with van der Waals surface area (Å²) in [6.07, 6.45) is 3.15. The molecule has 3 rings (SSSR count). The van der Waals surface area contributed by atoms with Crippen LogP contribution in [0.15, 0.2) is 48.8 Å². The summed E-state index contributed by atoms with van der Waals surface area (Å²) in [6, 6.07) is 11.3. The van der Waals surface area contributed by atoms with Gasteiger partial charge in [0.05, 0.1) is 17.4 Å². The molecule has 23 heavy (non-hydrogen) atoms. The largest absolute Gasteiger partial charge is 0.383 e. The molecule has 2 aromatic heterocycles. The molecular formula is C17H17N5O. The summed E-state index contributed by atoms with van der Waals surface area (Å²) in [5.74, 6) is 0.311. The molecule has 3 aromatic rings. The van der Waals surface area contributed by atoms with E-state index in [0.717, 1.165) is 5.69 Å². The van der Waals surface area contributed by atoms with E-state index in [1.54, 1.807) is 29.2 Å². The third-order valence-corrected chi connectivity index (χ3v) is 3.61. The molecule has 0 atom stereocenters. The first kappa shape index (κ1) is 14.9. The van der Waals surface area contributed by atoms with E-state index in [1.165, 1.54) is 5.56 Å². The molecule has 0 spiro atoms. The van der Waals surface area contributed by atoms with Crippen LogP contribution in [0.25, 0.3) is 5.69 Å². The van der Waals surface area contributed by atoms with Crippen LogP contribution in [-0.4, -0.2) is 25.8 Å². The van der Waals surface area contributed by atoms with Crippen molar-refractivity contribution in [1.82, 2.24) is 20.0 Å². The van der Waals surface area contributed by atoms with Crippen molar-refractivity contribution < 1.29 is 4.79 Å². The molecule has 2 heterocycles.